The van der Waals surface area contributed by atoms with Crippen molar-refractivity contribution >= 4 is 5.97 Å². The van der Waals surface area contributed by atoms with Crippen molar-refractivity contribution in [2.45, 2.75) is 6.10 Å². The lowest BCUT2D eigenvalue weighted by atomic mass is 10.1. The van der Waals surface area contributed by atoms with Crippen LogP contribution >= 0.6 is 0 Å². The number of carboxylic acid groups (broad SMARTS) is 1. The van der Waals surface area contributed by atoms with E-state index >= 15 is 0 Å². The summed E-state index contributed by atoms with van der Waals surface area (Å²) in [4.78, 5) is 10.2. The maximum Gasteiger partial charge on any atom is 0.337 e. The maximum absolute atomic E-state index is 10.2. The highest BCUT2D eigenvalue weighted by atomic mass is 16.4. The Balaban J connectivity index is 0.000000671. The van der Waals surface area contributed by atoms with E-state index < -0.39 is 12.1 Å². The minimum Gasteiger partial charge on any atom is -0.479 e. The Morgan fingerprint density at radius 1 is 1.23 bits per heavy atom. The molecule has 0 aliphatic carbocycles. The summed E-state index contributed by atoms with van der Waals surface area (Å²) in [5, 5.41) is 23.9. The molecule has 72 valence electrons. The van der Waals surface area contributed by atoms with E-state index in [0.29, 0.717) is 5.56 Å². The van der Waals surface area contributed by atoms with Crippen molar-refractivity contribution < 1.29 is 20.2 Å². The molecule has 0 bridgehead atoms. The molecule has 5 N–H and O–H groups in total. The van der Waals surface area contributed by atoms with Gasteiger partial charge < -0.3 is 15.4 Å². The first-order chi connectivity index (χ1) is 6.22. The van der Waals surface area contributed by atoms with Crippen LogP contribution in [0.2, 0.25) is 0 Å². The van der Waals surface area contributed by atoms with Crippen molar-refractivity contribution in [1.29, 1.82) is 0 Å². The Kier molecular flexibility index (Phi) is 5.45. The molecule has 13 heavy (non-hydrogen) atoms. The third kappa shape index (κ3) is 3.66. The van der Waals surface area contributed by atoms with E-state index in [-0.39, 0.29) is 0 Å². The molecule has 5 nitrogen and oxygen atoms in total. The molecule has 0 aromatic heterocycles. The van der Waals surface area contributed by atoms with Crippen LogP contribution in [0.15, 0.2) is 30.3 Å². The summed E-state index contributed by atoms with van der Waals surface area (Å²) in [5.41, 5.74) is 0.403. The van der Waals surface area contributed by atoms with Gasteiger partial charge in [-0.2, -0.15) is 0 Å². The van der Waals surface area contributed by atoms with Crippen LogP contribution in [-0.4, -0.2) is 21.4 Å². The van der Waals surface area contributed by atoms with E-state index in [0.717, 1.165) is 0 Å². The zero-order valence-corrected chi connectivity index (χ0v) is 6.79. The molecule has 1 unspecified atom stereocenters. The molecule has 0 fully saturated rings. The van der Waals surface area contributed by atoms with E-state index in [2.05, 4.69) is 5.90 Å². The monoisotopic (exact) mass is 185 g/mol. The first-order valence-electron chi connectivity index (χ1n) is 3.43. The Labute approximate surface area is 75.0 Å². The lowest BCUT2D eigenvalue weighted by molar-refractivity contribution is -0.146. The Morgan fingerprint density at radius 3 is 2.08 bits per heavy atom. The topological polar surface area (TPSA) is 104 Å². The summed E-state index contributed by atoms with van der Waals surface area (Å²) in [5.74, 6) is 2.27. The molecule has 5 heteroatoms. The van der Waals surface area contributed by atoms with Crippen LogP contribution < -0.4 is 5.90 Å². The molecule has 0 heterocycles. The average Bonchev–Trinajstić information content (AvgIpc) is 2.21. The first-order valence-corrected chi connectivity index (χ1v) is 3.43. The third-order valence-corrected chi connectivity index (χ3v) is 1.35. The SMILES string of the molecule is NO.O=C(O)C(O)c1ccccc1. The summed E-state index contributed by atoms with van der Waals surface area (Å²) < 4.78 is 0. The van der Waals surface area contributed by atoms with Crippen molar-refractivity contribution in [3.8, 4) is 0 Å². The van der Waals surface area contributed by atoms with E-state index in [4.69, 9.17) is 15.4 Å². The summed E-state index contributed by atoms with van der Waals surface area (Å²) in [6, 6.07) is 8.26. The van der Waals surface area contributed by atoms with Crippen molar-refractivity contribution in [3.05, 3.63) is 35.9 Å². The van der Waals surface area contributed by atoms with Crippen LogP contribution in [0.4, 0.5) is 0 Å². The number of carbonyl (C=O) groups is 1. The van der Waals surface area contributed by atoms with Crippen LogP contribution in [0.25, 0.3) is 0 Å². The smallest absolute Gasteiger partial charge is 0.337 e. The van der Waals surface area contributed by atoms with Crippen molar-refractivity contribution in [2.75, 3.05) is 0 Å². The largest absolute Gasteiger partial charge is 0.479 e. The predicted octanol–water partition coefficient (Wildman–Crippen LogP) is 0.139. The van der Waals surface area contributed by atoms with Gasteiger partial charge in [0.2, 0.25) is 0 Å². The summed E-state index contributed by atoms with van der Waals surface area (Å²) in [6.07, 6.45) is -1.41. The normalized spacial score (nSPS) is 11.0. The second kappa shape index (κ2) is 6.13. The third-order valence-electron chi connectivity index (χ3n) is 1.35. The number of nitrogens with two attached hydrogens (primary N) is 1. The second-order valence-corrected chi connectivity index (χ2v) is 2.15. The van der Waals surface area contributed by atoms with Gasteiger partial charge in [0.15, 0.2) is 6.10 Å². The van der Waals surface area contributed by atoms with E-state index in [1.165, 1.54) is 0 Å². The minimum absolute atomic E-state index is 0.403. The van der Waals surface area contributed by atoms with Gasteiger partial charge in [-0.15, -0.1) is 0 Å². The maximum atomic E-state index is 10.2. The molecular weight excluding hydrogens is 174 g/mol. The number of carboxylic acids is 1. The molecule has 1 rings (SSSR count). The van der Waals surface area contributed by atoms with Crippen molar-refractivity contribution in [3.63, 3.8) is 0 Å². The van der Waals surface area contributed by atoms with Gasteiger partial charge in [0.25, 0.3) is 0 Å². The fourth-order valence-corrected chi connectivity index (χ4v) is 0.778. The molecule has 0 aliphatic rings. The van der Waals surface area contributed by atoms with Crippen LogP contribution in [0.3, 0.4) is 0 Å². The standard InChI is InChI=1S/C8H8O3.H3NO/c9-7(8(10)11)6-4-2-1-3-5-6;1-2/h1-5,7,9H,(H,10,11);2H,1H2. The number of aliphatic hydroxyl groups excluding tert-OH is 1. The van der Waals surface area contributed by atoms with Crippen molar-refractivity contribution in [1.82, 2.24) is 0 Å². The lowest BCUT2D eigenvalue weighted by Crippen LogP contribution is -2.09. The summed E-state index contributed by atoms with van der Waals surface area (Å²) >= 11 is 0. The van der Waals surface area contributed by atoms with Gasteiger partial charge in [0.05, 0.1) is 0 Å². The van der Waals surface area contributed by atoms with Crippen LogP contribution in [0, 0.1) is 0 Å². The molecule has 0 saturated carbocycles. The quantitative estimate of drug-likeness (QED) is 0.490. The van der Waals surface area contributed by atoms with Gasteiger partial charge >= 0.3 is 5.97 Å². The molecule has 1 aromatic rings. The van der Waals surface area contributed by atoms with E-state index in [1.54, 1.807) is 30.3 Å². The Bertz CT molecular complexity index is 250. The highest BCUT2D eigenvalue weighted by Crippen LogP contribution is 2.10. The van der Waals surface area contributed by atoms with Crippen molar-refractivity contribution in [2.24, 2.45) is 5.90 Å². The Morgan fingerprint density at radius 2 is 1.69 bits per heavy atom. The Hall–Kier alpha value is -1.43. The molecule has 1 aromatic carbocycles. The van der Waals surface area contributed by atoms with Gasteiger partial charge in [-0.3, -0.25) is 0 Å². The summed E-state index contributed by atoms with van der Waals surface area (Å²) in [7, 11) is 0. The number of hydrogen-bond donors (Lipinski definition) is 4. The number of aliphatic hydroxyl groups is 1. The van der Waals surface area contributed by atoms with Gasteiger partial charge in [-0.1, -0.05) is 30.3 Å². The molecule has 0 aliphatic heterocycles. The molecule has 1 atom stereocenters. The number of rotatable bonds is 2. The van der Waals surface area contributed by atoms with Crippen LogP contribution in [0.1, 0.15) is 11.7 Å². The number of aliphatic carboxylic acids is 1. The average molecular weight is 185 g/mol. The molecule has 0 saturated heterocycles. The molecule has 0 amide bonds. The van der Waals surface area contributed by atoms with Gasteiger partial charge in [-0.25, -0.2) is 10.7 Å². The summed E-state index contributed by atoms with van der Waals surface area (Å²) in [6.45, 7) is 0. The predicted molar refractivity (Wildman–Crippen MR) is 45.0 cm³/mol. The fraction of sp³-hybridized carbons (Fsp3) is 0.125. The van der Waals surface area contributed by atoms with Gasteiger partial charge in [0.1, 0.15) is 0 Å². The van der Waals surface area contributed by atoms with E-state index in [1.807, 2.05) is 0 Å². The zero-order chi connectivity index (χ0) is 10.3. The van der Waals surface area contributed by atoms with Gasteiger partial charge in [-0.05, 0) is 5.56 Å². The molecular formula is C8H11NO4. The highest BCUT2D eigenvalue weighted by Gasteiger charge is 2.14. The van der Waals surface area contributed by atoms with Crippen LogP contribution in [-0.2, 0) is 4.79 Å². The highest BCUT2D eigenvalue weighted by molar-refractivity contribution is 5.73. The first kappa shape index (κ1) is 11.6. The molecule has 0 spiro atoms. The molecule has 0 radical (unpaired) electrons. The lowest BCUT2D eigenvalue weighted by Gasteiger charge is -2.03. The second-order valence-electron chi connectivity index (χ2n) is 2.15. The van der Waals surface area contributed by atoms with Gasteiger partial charge in [0, 0.05) is 0 Å². The fourth-order valence-electron chi connectivity index (χ4n) is 0.778. The minimum atomic E-state index is -1.41. The zero-order valence-electron chi connectivity index (χ0n) is 6.79. The number of benzene rings is 1. The number of hydrogen-bond acceptors (Lipinski definition) is 4. The van der Waals surface area contributed by atoms with E-state index in [9.17, 15) is 4.79 Å². The van der Waals surface area contributed by atoms with Crippen LogP contribution in [0.5, 0.6) is 0 Å².